The van der Waals surface area contributed by atoms with E-state index in [9.17, 15) is 0 Å². The van der Waals surface area contributed by atoms with Crippen molar-refractivity contribution in [2.45, 2.75) is 19.9 Å². The number of hydrogen-bond acceptors (Lipinski definition) is 2. The fourth-order valence-corrected chi connectivity index (χ4v) is 2.39. The van der Waals surface area contributed by atoms with E-state index in [2.05, 4.69) is 35.4 Å². The van der Waals surface area contributed by atoms with Gasteiger partial charge in [-0.2, -0.15) is 0 Å². The number of nitrogens with one attached hydrogen (secondary N) is 1. The smallest absolute Gasteiger partial charge is 0.0749 e. The van der Waals surface area contributed by atoms with E-state index < -0.39 is 0 Å². The molecule has 0 saturated heterocycles. The second-order valence-corrected chi connectivity index (χ2v) is 4.92. The van der Waals surface area contributed by atoms with Crippen molar-refractivity contribution in [2.24, 2.45) is 0 Å². The summed E-state index contributed by atoms with van der Waals surface area (Å²) in [5.74, 6) is 0. The summed E-state index contributed by atoms with van der Waals surface area (Å²) in [6, 6.07) is 12.1. The Kier molecular flexibility index (Phi) is 4.00. The van der Waals surface area contributed by atoms with Gasteiger partial charge >= 0.3 is 0 Å². The second-order valence-electron chi connectivity index (χ2n) is 4.49. The van der Waals surface area contributed by atoms with E-state index in [-0.39, 0.29) is 6.04 Å². The molecule has 0 aliphatic carbocycles. The van der Waals surface area contributed by atoms with Gasteiger partial charge in [-0.15, -0.1) is 0 Å². The van der Waals surface area contributed by atoms with E-state index in [0.717, 1.165) is 22.0 Å². The van der Waals surface area contributed by atoms with Gasteiger partial charge < -0.3 is 5.32 Å². The van der Waals surface area contributed by atoms with Crippen LogP contribution in [0.25, 0.3) is 0 Å². The number of benzene rings is 1. The molecule has 1 unspecified atom stereocenters. The van der Waals surface area contributed by atoms with Crippen LogP contribution < -0.4 is 5.32 Å². The maximum atomic E-state index is 6.05. The average molecular weight is 261 g/mol. The Morgan fingerprint density at radius 2 is 1.94 bits per heavy atom. The summed E-state index contributed by atoms with van der Waals surface area (Å²) in [6.07, 6.45) is 0. The van der Waals surface area contributed by atoms with Gasteiger partial charge in [0.25, 0.3) is 0 Å². The third kappa shape index (κ3) is 2.89. The highest BCUT2D eigenvalue weighted by molar-refractivity contribution is 6.30. The van der Waals surface area contributed by atoms with E-state index in [1.165, 1.54) is 5.56 Å². The SMILES string of the molecule is CNC(c1cccc(Cl)c1)c1cc(C)cc(C)n1. The van der Waals surface area contributed by atoms with E-state index in [4.69, 9.17) is 11.6 Å². The molecule has 18 heavy (non-hydrogen) atoms. The fraction of sp³-hybridized carbons (Fsp3) is 0.267. The summed E-state index contributed by atoms with van der Waals surface area (Å²) in [7, 11) is 1.94. The van der Waals surface area contributed by atoms with Crippen LogP contribution in [0.15, 0.2) is 36.4 Å². The van der Waals surface area contributed by atoms with Crippen molar-refractivity contribution in [1.29, 1.82) is 0 Å². The number of pyridine rings is 1. The third-order valence-electron chi connectivity index (χ3n) is 2.88. The highest BCUT2D eigenvalue weighted by atomic mass is 35.5. The minimum absolute atomic E-state index is 0.0716. The Morgan fingerprint density at radius 1 is 1.17 bits per heavy atom. The zero-order chi connectivity index (χ0) is 13.1. The molecule has 0 saturated carbocycles. The van der Waals surface area contributed by atoms with Crippen LogP contribution in [0, 0.1) is 13.8 Å². The molecule has 0 amide bonds. The fourth-order valence-electron chi connectivity index (χ4n) is 2.19. The molecule has 0 spiro atoms. The molecule has 1 atom stereocenters. The lowest BCUT2D eigenvalue weighted by molar-refractivity contribution is 0.668. The quantitative estimate of drug-likeness (QED) is 0.911. The Bertz CT molecular complexity index is 532. The first-order valence-electron chi connectivity index (χ1n) is 5.98. The van der Waals surface area contributed by atoms with Crippen LogP contribution in [0.5, 0.6) is 0 Å². The molecule has 1 N–H and O–H groups in total. The molecule has 0 fully saturated rings. The lowest BCUT2D eigenvalue weighted by Crippen LogP contribution is -2.19. The molecular formula is C15H17ClN2. The summed E-state index contributed by atoms with van der Waals surface area (Å²) < 4.78 is 0. The molecule has 1 aromatic carbocycles. The van der Waals surface area contributed by atoms with E-state index in [1.807, 2.05) is 32.2 Å². The largest absolute Gasteiger partial charge is 0.308 e. The number of aromatic nitrogens is 1. The van der Waals surface area contributed by atoms with Crippen molar-refractivity contribution in [1.82, 2.24) is 10.3 Å². The van der Waals surface area contributed by atoms with Gasteiger partial charge in [0.15, 0.2) is 0 Å². The van der Waals surface area contributed by atoms with Crippen LogP contribution in [-0.2, 0) is 0 Å². The Hall–Kier alpha value is -1.38. The summed E-state index contributed by atoms with van der Waals surface area (Å²) in [5, 5.41) is 4.04. The lowest BCUT2D eigenvalue weighted by atomic mass is 10.0. The number of nitrogens with zero attached hydrogens (tertiary/aromatic N) is 1. The summed E-state index contributed by atoms with van der Waals surface area (Å²) >= 11 is 6.05. The highest BCUT2D eigenvalue weighted by Crippen LogP contribution is 2.23. The molecule has 2 aromatic rings. The van der Waals surface area contributed by atoms with Crippen molar-refractivity contribution in [3.05, 3.63) is 63.9 Å². The van der Waals surface area contributed by atoms with Gasteiger partial charge in [0.05, 0.1) is 11.7 Å². The molecule has 94 valence electrons. The standard InChI is InChI=1S/C15H17ClN2/c1-10-7-11(2)18-14(8-10)15(17-3)12-5-4-6-13(16)9-12/h4-9,15,17H,1-3H3. The normalized spacial score (nSPS) is 12.4. The van der Waals surface area contributed by atoms with Gasteiger partial charge in [0.1, 0.15) is 0 Å². The van der Waals surface area contributed by atoms with Crippen LogP contribution in [0.3, 0.4) is 0 Å². The predicted molar refractivity (Wildman–Crippen MR) is 76.1 cm³/mol. The zero-order valence-corrected chi connectivity index (χ0v) is 11.6. The van der Waals surface area contributed by atoms with Crippen LogP contribution in [0.2, 0.25) is 5.02 Å². The summed E-state index contributed by atoms with van der Waals surface area (Å²) in [6.45, 7) is 4.10. The van der Waals surface area contributed by atoms with Gasteiger partial charge in [-0.05, 0) is 56.3 Å². The molecule has 0 radical (unpaired) electrons. The molecule has 3 heteroatoms. The van der Waals surface area contributed by atoms with Gasteiger partial charge in [-0.25, -0.2) is 0 Å². The lowest BCUT2D eigenvalue weighted by Gasteiger charge is -2.17. The Balaban J connectivity index is 2.45. The topological polar surface area (TPSA) is 24.9 Å². The van der Waals surface area contributed by atoms with Crippen LogP contribution in [-0.4, -0.2) is 12.0 Å². The first-order valence-corrected chi connectivity index (χ1v) is 6.36. The second kappa shape index (κ2) is 5.51. The first kappa shape index (κ1) is 13.1. The van der Waals surface area contributed by atoms with Crippen molar-refractivity contribution in [2.75, 3.05) is 7.05 Å². The third-order valence-corrected chi connectivity index (χ3v) is 3.12. The minimum atomic E-state index is 0.0716. The monoisotopic (exact) mass is 260 g/mol. The number of aryl methyl sites for hydroxylation is 2. The molecule has 0 aliphatic heterocycles. The van der Waals surface area contributed by atoms with Gasteiger partial charge in [-0.1, -0.05) is 23.7 Å². The van der Waals surface area contributed by atoms with Gasteiger partial charge in [-0.3, -0.25) is 4.98 Å². The van der Waals surface area contributed by atoms with Crippen molar-refractivity contribution < 1.29 is 0 Å². The maximum Gasteiger partial charge on any atom is 0.0749 e. The van der Waals surface area contributed by atoms with Crippen LogP contribution >= 0.6 is 11.6 Å². The van der Waals surface area contributed by atoms with Gasteiger partial charge in [0, 0.05) is 10.7 Å². The van der Waals surface area contributed by atoms with E-state index >= 15 is 0 Å². The zero-order valence-electron chi connectivity index (χ0n) is 10.9. The molecular weight excluding hydrogens is 244 g/mol. The average Bonchev–Trinajstić information content (AvgIpc) is 2.28. The van der Waals surface area contributed by atoms with Gasteiger partial charge in [0.2, 0.25) is 0 Å². The molecule has 2 rings (SSSR count). The number of hydrogen-bond donors (Lipinski definition) is 1. The summed E-state index contributed by atoms with van der Waals surface area (Å²) in [5.41, 5.74) is 4.41. The Labute approximate surface area is 113 Å². The van der Waals surface area contributed by atoms with Crippen molar-refractivity contribution in [3.8, 4) is 0 Å². The van der Waals surface area contributed by atoms with E-state index in [0.29, 0.717) is 0 Å². The first-order chi connectivity index (χ1) is 8.60. The van der Waals surface area contributed by atoms with Crippen LogP contribution in [0.4, 0.5) is 0 Å². The number of rotatable bonds is 3. The predicted octanol–water partition coefficient (Wildman–Crippen LogP) is 3.66. The summed E-state index contributed by atoms with van der Waals surface area (Å²) in [4.78, 5) is 4.61. The maximum absolute atomic E-state index is 6.05. The molecule has 0 aliphatic rings. The van der Waals surface area contributed by atoms with Crippen molar-refractivity contribution >= 4 is 11.6 Å². The Morgan fingerprint density at radius 3 is 2.56 bits per heavy atom. The number of halogens is 1. The van der Waals surface area contributed by atoms with E-state index in [1.54, 1.807) is 0 Å². The molecule has 0 bridgehead atoms. The molecule has 2 nitrogen and oxygen atoms in total. The van der Waals surface area contributed by atoms with Crippen molar-refractivity contribution in [3.63, 3.8) is 0 Å². The molecule has 1 aromatic heterocycles. The molecule has 1 heterocycles. The highest BCUT2D eigenvalue weighted by Gasteiger charge is 2.14. The minimum Gasteiger partial charge on any atom is -0.308 e. The van der Waals surface area contributed by atoms with Crippen LogP contribution in [0.1, 0.15) is 28.6 Å².